The first-order chi connectivity index (χ1) is 12.0. The first kappa shape index (κ1) is 18.1. The fourth-order valence-corrected chi connectivity index (χ4v) is 2.34. The maximum absolute atomic E-state index is 12.4. The Morgan fingerprint density at radius 3 is 2.68 bits per heavy atom. The summed E-state index contributed by atoms with van der Waals surface area (Å²) in [5.74, 6) is -1.48. The molecule has 1 aromatic heterocycles. The van der Waals surface area contributed by atoms with E-state index in [-0.39, 0.29) is 30.7 Å². The van der Waals surface area contributed by atoms with Crippen molar-refractivity contribution in [3.05, 3.63) is 47.2 Å². The van der Waals surface area contributed by atoms with Gasteiger partial charge in [0.2, 0.25) is 0 Å². The van der Waals surface area contributed by atoms with Crippen LogP contribution in [0.5, 0.6) is 5.75 Å². The molecule has 1 heterocycles. The van der Waals surface area contributed by atoms with Gasteiger partial charge in [0, 0.05) is 12.0 Å². The summed E-state index contributed by atoms with van der Waals surface area (Å²) >= 11 is 0. The molecule has 1 N–H and O–H groups in total. The summed E-state index contributed by atoms with van der Waals surface area (Å²) in [6.07, 6.45) is -0.258. The van der Waals surface area contributed by atoms with Crippen LogP contribution in [0.3, 0.4) is 0 Å². The molecule has 0 atom stereocenters. The number of aryl methyl sites for hydroxylation is 1. The monoisotopic (exact) mass is 338 g/mol. The molecule has 0 aliphatic rings. The summed E-state index contributed by atoms with van der Waals surface area (Å²) in [5, 5.41) is 19.3. The number of aromatic nitrogens is 1. The van der Waals surface area contributed by atoms with E-state index in [1.54, 1.807) is 13.0 Å². The number of aromatic hydroxyl groups is 1. The lowest BCUT2D eigenvalue weighted by Crippen LogP contribution is -2.10. The number of hydrogen-bond donors (Lipinski definition) is 1. The summed E-state index contributed by atoms with van der Waals surface area (Å²) < 4.78 is 4.78. The number of rotatable bonds is 6. The van der Waals surface area contributed by atoms with Crippen molar-refractivity contribution in [3.8, 4) is 23.1 Å². The standard InChI is InChI=1S/C19H18N2O4/c1-3-25-17(23)8-7-16(22)18-19(24)14(11-20)10-15(21-18)13-6-4-5-12(2)9-13/h4-6,9-10,24H,3,7-8H2,1-2H3. The van der Waals surface area contributed by atoms with Crippen molar-refractivity contribution in [1.82, 2.24) is 4.98 Å². The molecular weight excluding hydrogens is 320 g/mol. The quantitative estimate of drug-likeness (QED) is 0.641. The number of esters is 1. The number of ether oxygens (including phenoxy) is 1. The van der Waals surface area contributed by atoms with Gasteiger partial charge < -0.3 is 9.84 Å². The molecule has 2 rings (SSSR count). The van der Waals surface area contributed by atoms with Crippen LogP contribution in [0.25, 0.3) is 11.3 Å². The molecule has 6 heteroatoms. The van der Waals surface area contributed by atoms with E-state index >= 15 is 0 Å². The molecule has 0 radical (unpaired) electrons. The molecule has 0 fully saturated rings. The zero-order chi connectivity index (χ0) is 18.4. The Balaban J connectivity index is 2.37. The summed E-state index contributed by atoms with van der Waals surface area (Å²) in [4.78, 5) is 28.0. The zero-order valence-corrected chi connectivity index (χ0v) is 14.1. The number of ketones is 1. The maximum atomic E-state index is 12.4. The van der Waals surface area contributed by atoms with Gasteiger partial charge in [-0.15, -0.1) is 0 Å². The van der Waals surface area contributed by atoms with Gasteiger partial charge in [0.05, 0.1) is 24.3 Å². The molecule has 0 saturated heterocycles. The molecule has 128 valence electrons. The molecule has 0 unspecified atom stereocenters. The molecule has 0 amide bonds. The number of nitriles is 1. The van der Waals surface area contributed by atoms with Gasteiger partial charge in [0.15, 0.2) is 11.5 Å². The van der Waals surface area contributed by atoms with Crippen LogP contribution in [0, 0.1) is 18.3 Å². The summed E-state index contributed by atoms with van der Waals surface area (Å²) in [7, 11) is 0. The smallest absolute Gasteiger partial charge is 0.306 e. The first-order valence-corrected chi connectivity index (χ1v) is 7.86. The molecule has 0 aliphatic heterocycles. The van der Waals surface area contributed by atoms with Crippen LogP contribution >= 0.6 is 0 Å². The highest BCUT2D eigenvalue weighted by Crippen LogP contribution is 2.28. The van der Waals surface area contributed by atoms with E-state index in [4.69, 9.17) is 4.74 Å². The number of benzene rings is 1. The van der Waals surface area contributed by atoms with Crippen molar-refractivity contribution in [3.63, 3.8) is 0 Å². The highest BCUT2D eigenvalue weighted by atomic mass is 16.5. The van der Waals surface area contributed by atoms with E-state index in [0.29, 0.717) is 5.69 Å². The zero-order valence-electron chi connectivity index (χ0n) is 14.1. The predicted octanol–water partition coefficient (Wildman–Crippen LogP) is 3.16. The van der Waals surface area contributed by atoms with Crippen molar-refractivity contribution in [2.24, 2.45) is 0 Å². The summed E-state index contributed by atoms with van der Waals surface area (Å²) in [6.45, 7) is 3.83. The molecule has 0 spiro atoms. The highest BCUT2D eigenvalue weighted by molar-refractivity contribution is 5.99. The van der Waals surface area contributed by atoms with Gasteiger partial charge in [-0.1, -0.05) is 23.8 Å². The molecule has 2 aromatic rings. The minimum atomic E-state index is -0.517. The second-order valence-electron chi connectivity index (χ2n) is 5.46. The summed E-state index contributed by atoms with van der Waals surface area (Å²) in [6, 6.07) is 10.7. The van der Waals surface area contributed by atoms with Crippen LogP contribution in [0.4, 0.5) is 0 Å². The lowest BCUT2D eigenvalue weighted by atomic mass is 10.0. The number of pyridine rings is 1. The average Bonchev–Trinajstić information content (AvgIpc) is 2.60. The SMILES string of the molecule is CCOC(=O)CCC(=O)c1nc(-c2cccc(C)c2)cc(C#N)c1O. The van der Waals surface area contributed by atoms with Gasteiger partial charge in [0.25, 0.3) is 0 Å². The molecule has 25 heavy (non-hydrogen) atoms. The molecule has 0 aliphatic carbocycles. The maximum Gasteiger partial charge on any atom is 0.306 e. The van der Waals surface area contributed by atoms with Crippen LogP contribution in [0.2, 0.25) is 0 Å². The van der Waals surface area contributed by atoms with E-state index in [1.807, 2.05) is 31.2 Å². The molecule has 1 aromatic carbocycles. The minimum Gasteiger partial charge on any atom is -0.504 e. The van der Waals surface area contributed by atoms with Crippen molar-refractivity contribution < 1.29 is 19.4 Å². The lowest BCUT2D eigenvalue weighted by molar-refractivity contribution is -0.143. The fourth-order valence-electron chi connectivity index (χ4n) is 2.34. The van der Waals surface area contributed by atoms with E-state index in [2.05, 4.69) is 4.98 Å². The third-order valence-electron chi connectivity index (χ3n) is 3.55. The van der Waals surface area contributed by atoms with Gasteiger partial charge in [-0.3, -0.25) is 9.59 Å². The molecule has 0 bridgehead atoms. The van der Waals surface area contributed by atoms with Crippen LogP contribution in [0.1, 0.15) is 41.4 Å². The van der Waals surface area contributed by atoms with Gasteiger partial charge in [0.1, 0.15) is 11.8 Å². The van der Waals surface area contributed by atoms with Gasteiger partial charge in [-0.25, -0.2) is 4.98 Å². The van der Waals surface area contributed by atoms with Gasteiger partial charge >= 0.3 is 5.97 Å². The van der Waals surface area contributed by atoms with E-state index in [1.165, 1.54) is 6.07 Å². The first-order valence-electron chi connectivity index (χ1n) is 7.86. The number of hydrogen-bond acceptors (Lipinski definition) is 6. The molecule has 6 nitrogen and oxygen atoms in total. The van der Waals surface area contributed by atoms with Crippen LogP contribution in [0.15, 0.2) is 30.3 Å². The second-order valence-corrected chi connectivity index (χ2v) is 5.46. The predicted molar refractivity (Wildman–Crippen MR) is 91.0 cm³/mol. The van der Waals surface area contributed by atoms with E-state index < -0.39 is 17.5 Å². The molecular formula is C19H18N2O4. The Kier molecular flexibility index (Phi) is 5.85. The van der Waals surface area contributed by atoms with E-state index in [0.717, 1.165) is 11.1 Å². The van der Waals surface area contributed by atoms with E-state index in [9.17, 15) is 20.0 Å². The topological polar surface area (TPSA) is 100 Å². The third kappa shape index (κ3) is 4.42. The Morgan fingerprint density at radius 2 is 2.04 bits per heavy atom. The average molecular weight is 338 g/mol. The van der Waals surface area contributed by atoms with Gasteiger partial charge in [-0.2, -0.15) is 5.26 Å². The summed E-state index contributed by atoms with van der Waals surface area (Å²) in [5.41, 5.74) is 1.90. The highest BCUT2D eigenvalue weighted by Gasteiger charge is 2.20. The number of Topliss-reactive ketones (excluding diaryl/α,β-unsaturated/α-hetero) is 1. The minimum absolute atomic E-state index is 0.0361. The van der Waals surface area contributed by atoms with Crippen molar-refractivity contribution in [2.75, 3.05) is 6.61 Å². The van der Waals surface area contributed by atoms with Crippen LogP contribution < -0.4 is 0 Å². The fraction of sp³-hybridized carbons (Fsp3) is 0.263. The Labute approximate surface area is 145 Å². The molecule has 0 saturated carbocycles. The number of nitrogens with zero attached hydrogens (tertiary/aromatic N) is 2. The lowest BCUT2D eigenvalue weighted by Gasteiger charge is -2.09. The van der Waals surface area contributed by atoms with Crippen molar-refractivity contribution >= 4 is 11.8 Å². The van der Waals surface area contributed by atoms with Crippen molar-refractivity contribution in [2.45, 2.75) is 26.7 Å². The third-order valence-corrected chi connectivity index (χ3v) is 3.55. The Hall–Kier alpha value is -3.20. The number of carbonyl (C=O) groups is 2. The van der Waals surface area contributed by atoms with Crippen LogP contribution in [-0.4, -0.2) is 28.4 Å². The normalized spacial score (nSPS) is 10.1. The largest absolute Gasteiger partial charge is 0.504 e. The Bertz CT molecular complexity index is 853. The second kappa shape index (κ2) is 8.06. The van der Waals surface area contributed by atoms with Crippen molar-refractivity contribution in [1.29, 1.82) is 5.26 Å². The van der Waals surface area contributed by atoms with Crippen LogP contribution in [-0.2, 0) is 9.53 Å². The number of carbonyl (C=O) groups excluding carboxylic acids is 2. The van der Waals surface area contributed by atoms with Gasteiger partial charge in [-0.05, 0) is 26.0 Å². The Morgan fingerprint density at radius 1 is 1.28 bits per heavy atom.